The van der Waals surface area contributed by atoms with Gasteiger partial charge in [0.05, 0.1) is 6.61 Å². The largest absolute Gasteiger partial charge is 0.491 e. The Bertz CT molecular complexity index is 1660. The topological polar surface area (TPSA) is 104 Å². The molecule has 0 spiro atoms. The summed E-state index contributed by atoms with van der Waals surface area (Å²) >= 11 is 0. The number of halogens is 3. The van der Waals surface area contributed by atoms with E-state index in [0.29, 0.717) is 49.7 Å². The molecule has 1 unspecified atom stereocenters. The first-order valence-corrected chi connectivity index (χ1v) is 14.8. The second kappa shape index (κ2) is 12.7. The first kappa shape index (κ1) is 30.3. The van der Waals surface area contributed by atoms with Gasteiger partial charge in [-0.25, -0.2) is 9.69 Å². The molecule has 1 aliphatic carbocycles. The van der Waals surface area contributed by atoms with Crippen LogP contribution >= 0.6 is 0 Å². The van der Waals surface area contributed by atoms with Gasteiger partial charge in [0.25, 0.3) is 0 Å². The summed E-state index contributed by atoms with van der Waals surface area (Å²) in [5.74, 6) is -0.711. The van der Waals surface area contributed by atoms with Crippen molar-refractivity contribution in [2.75, 3.05) is 39.4 Å². The number of rotatable bonds is 8. The first-order chi connectivity index (χ1) is 21.7. The van der Waals surface area contributed by atoms with Crippen molar-refractivity contribution < 1.29 is 37.4 Å². The molecule has 2 heterocycles. The van der Waals surface area contributed by atoms with Crippen LogP contribution < -0.4 is 4.74 Å². The predicted octanol–water partition coefficient (Wildman–Crippen LogP) is 5.42. The van der Waals surface area contributed by atoms with E-state index < -0.39 is 23.8 Å². The summed E-state index contributed by atoms with van der Waals surface area (Å²) in [7, 11) is 0. The second-order valence-corrected chi connectivity index (χ2v) is 11.0. The number of carbonyl (C=O) groups is 2. The Kier molecular flexibility index (Phi) is 8.57. The molecule has 2 aliphatic heterocycles. The number of benzene rings is 3. The standard InChI is InChI=1S/C33H31F3N4O5/c34-33(35,36)30(38-45-32(43)40-15-5-14-39-13-4-12-37-31(39)40)29(42)22-8-10-24-26(18-21-6-2-1-3-7-21)25-11-9-23(44-17-16-41)20-28(25)27(24)19-22/h1-3,6-11,19-20,26,41H,4-5,12-18H2/b38-30-. The number of oxime groups is 1. The van der Waals surface area contributed by atoms with E-state index >= 15 is 0 Å². The molecule has 1 atom stereocenters. The molecule has 9 nitrogen and oxygen atoms in total. The van der Waals surface area contributed by atoms with Gasteiger partial charge in [-0.3, -0.25) is 14.6 Å². The molecule has 0 aromatic heterocycles. The molecule has 1 saturated heterocycles. The number of fused-ring (bicyclic) bond motifs is 4. The minimum absolute atomic E-state index is 0.0740. The van der Waals surface area contributed by atoms with Crippen LogP contribution in [0.25, 0.3) is 11.1 Å². The molecule has 234 valence electrons. The van der Waals surface area contributed by atoms with Gasteiger partial charge in [0.1, 0.15) is 12.4 Å². The number of hydrogen-bond donors (Lipinski definition) is 1. The highest BCUT2D eigenvalue weighted by Crippen LogP contribution is 2.48. The number of hydrogen-bond acceptors (Lipinski definition) is 8. The van der Waals surface area contributed by atoms with E-state index in [-0.39, 0.29) is 31.2 Å². The van der Waals surface area contributed by atoms with E-state index in [1.54, 1.807) is 18.2 Å². The lowest BCUT2D eigenvalue weighted by Crippen LogP contribution is -2.54. The summed E-state index contributed by atoms with van der Waals surface area (Å²) in [4.78, 5) is 38.3. The van der Waals surface area contributed by atoms with Crippen molar-refractivity contribution in [1.29, 1.82) is 0 Å². The third kappa shape index (κ3) is 6.28. The van der Waals surface area contributed by atoms with Crippen LogP contribution in [0.1, 0.15) is 45.8 Å². The Morgan fingerprint density at radius 1 is 0.956 bits per heavy atom. The molecule has 6 rings (SSSR count). The van der Waals surface area contributed by atoms with E-state index in [4.69, 9.17) is 9.57 Å². The lowest BCUT2D eigenvalue weighted by molar-refractivity contribution is -0.0605. The van der Waals surface area contributed by atoms with Crippen LogP contribution in [0.2, 0.25) is 0 Å². The van der Waals surface area contributed by atoms with E-state index in [1.807, 2.05) is 41.3 Å². The van der Waals surface area contributed by atoms with E-state index in [0.717, 1.165) is 33.6 Å². The SMILES string of the molecule is O=C(/C(=N/OC(=O)N1CCCN2CCCN=C21)C(F)(F)F)c1ccc2c(c1)-c1cc(OCCO)ccc1C2Cc1ccccc1. The van der Waals surface area contributed by atoms with Gasteiger partial charge < -0.3 is 14.7 Å². The number of aliphatic imine (C=N–C) groups is 1. The Labute approximate surface area is 257 Å². The molecule has 0 radical (unpaired) electrons. The lowest BCUT2D eigenvalue weighted by atomic mass is 9.89. The zero-order chi connectivity index (χ0) is 31.6. The molecule has 1 fully saturated rings. The highest BCUT2D eigenvalue weighted by atomic mass is 19.4. The van der Waals surface area contributed by atoms with Gasteiger partial charge in [-0.05, 0) is 65.3 Å². The monoisotopic (exact) mass is 620 g/mol. The molecular formula is C33H31F3N4O5. The second-order valence-electron chi connectivity index (χ2n) is 11.0. The van der Waals surface area contributed by atoms with Crippen LogP contribution in [0.3, 0.4) is 0 Å². The van der Waals surface area contributed by atoms with Crippen LogP contribution in [0.5, 0.6) is 5.75 Å². The van der Waals surface area contributed by atoms with Gasteiger partial charge in [-0.2, -0.15) is 13.2 Å². The Balaban J connectivity index is 1.31. The number of guanidine groups is 1. The fourth-order valence-corrected chi connectivity index (χ4v) is 6.09. The van der Waals surface area contributed by atoms with Gasteiger partial charge in [-0.15, -0.1) is 0 Å². The summed E-state index contributed by atoms with van der Waals surface area (Å²) in [6.45, 7) is 1.97. The summed E-state index contributed by atoms with van der Waals surface area (Å²) in [6, 6.07) is 19.7. The fourth-order valence-electron chi connectivity index (χ4n) is 6.09. The van der Waals surface area contributed by atoms with Gasteiger partial charge >= 0.3 is 12.3 Å². The number of Topliss-reactive ketones (excluding diaryl/α,β-unsaturated/α-hetero) is 1. The van der Waals surface area contributed by atoms with Gasteiger partial charge in [-0.1, -0.05) is 53.7 Å². The third-order valence-electron chi connectivity index (χ3n) is 8.12. The fraction of sp³-hybridized carbons (Fsp3) is 0.333. The highest BCUT2D eigenvalue weighted by molar-refractivity contribution is 6.47. The number of ketones is 1. The summed E-state index contributed by atoms with van der Waals surface area (Å²) in [5, 5.41) is 12.3. The predicted molar refractivity (Wildman–Crippen MR) is 161 cm³/mol. The highest BCUT2D eigenvalue weighted by Gasteiger charge is 2.43. The minimum atomic E-state index is -5.19. The molecule has 3 aromatic rings. The number of nitrogens with zero attached hydrogens (tertiary/aromatic N) is 4. The molecule has 0 bridgehead atoms. The third-order valence-corrected chi connectivity index (χ3v) is 8.12. The van der Waals surface area contributed by atoms with E-state index in [1.165, 1.54) is 12.1 Å². The number of ether oxygens (including phenoxy) is 1. The summed E-state index contributed by atoms with van der Waals surface area (Å²) in [6.07, 6.45) is -4.28. The molecular weight excluding hydrogens is 589 g/mol. The van der Waals surface area contributed by atoms with Crippen molar-refractivity contribution >= 4 is 23.5 Å². The average molecular weight is 621 g/mol. The summed E-state index contributed by atoms with van der Waals surface area (Å²) < 4.78 is 48.1. The molecule has 3 aliphatic rings. The number of alkyl halides is 3. The Hall–Kier alpha value is -4.71. The Morgan fingerprint density at radius 2 is 1.69 bits per heavy atom. The number of carbonyl (C=O) groups excluding carboxylic acids is 2. The van der Waals surface area contributed by atoms with Crippen molar-refractivity contribution in [3.63, 3.8) is 0 Å². The van der Waals surface area contributed by atoms with Crippen LogP contribution in [0.4, 0.5) is 18.0 Å². The van der Waals surface area contributed by atoms with Crippen LogP contribution in [-0.4, -0.2) is 84.0 Å². The zero-order valence-electron chi connectivity index (χ0n) is 24.3. The van der Waals surface area contributed by atoms with Crippen molar-refractivity contribution in [2.45, 2.75) is 31.4 Å². The van der Waals surface area contributed by atoms with Gasteiger partial charge in [0.15, 0.2) is 0 Å². The average Bonchev–Trinajstić information content (AvgIpc) is 3.35. The quantitative estimate of drug-likeness (QED) is 0.156. The van der Waals surface area contributed by atoms with E-state index in [2.05, 4.69) is 10.1 Å². The van der Waals surface area contributed by atoms with Crippen LogP contribution in [0, 0.1) is 0 Å². The maximum absolute atomic E-state index is 14.2. The zero-order valence-corrected chi connectivity index (χ0v) is 24.3. The van der Waals surface area contributed by atoms with Crippen molar-refractivity contribution in [3.8, 4) is 16.9 Å². The van der Waals surface area contributed by atoms with Gasteiger partial charge in [0.2, 0.25) is 17.5 Å². The van der Waals surface area contributed by atoms with Crippen molar-refractivity contribution in [1.82, 2.24) is 9.80 Å². The smallest absolute Gasteiger partial charge is 0.442 e. The number of aliphatic hydroxyl groups is 1. The van der Waals surface area contributed by atoms with Gasteiger partial charge in [0, 0.05) is 37.7 Å². The molecule has 1 N–H and O–H groups in total. The number of amides is 1. The molecule has 45 heavy (non-hydrogen) atoms. The lowest BCUT2D eigenvalue weighted by Gasteiger charge is -2.38. The maximum Gasteiger partial charge on any atom is 0.442 e. The molecule has 1 amide bonds. The number of aliphatic hydroxyl groups excluding tert-OH is 1. The van der Waals surface area contributed by atoms with Crippen LogP contribution in [-0.2, 0) is 11.3 Å². The van der Waals surface area contributed by atoms with Crippen molar-refractivity contribution in [2.24, 2.45) is 10.1 Å². The normalized spacial score (nSPS) is 17.6. The first-order valence-electron chi connectivity index (χ1n) is 14.8. The molecule has 3 aromatic carbocycles. The summed E-state index contributed by atoms with van der Waals surface area (Å²) in [5.41, 5.74) is 2.08. The van der Waals surface area contributed by atoms with Crippen molar-refractivity contribution in [3.05, 3.63) is 89.0 Å². The Morgan fingerprint density at radius 3 is 2.44 bits per heavy atom. The van der Waals surface area contributed by atoms with Crippen LogP contribution in [0.15, 0.2) is 76.9 Å². The minimum Gasteiger partial charge on any atom is -0.491 e. The maximum atomic E-state index is 14.2. The molecule has 0 saturated carbocycles. The van der Waals surface area contributed by atoms with E-state index in [9.17, 15) is 27.9 Å². The molecule has 12 heteroatoms.